The summed E-state index contributed by atoms with van der Waals surface area (Å²) < 4.78 is 42.0. The van der Waals surface area contributed by atoms with Crippen molar-refractivity contribution in [3.05, 3.63) is 35.6 Å². The molecule has 1 aromatic carbocycles. The summed E-state index contributed by atoms with van der Waals surface area (Å²) in [7, 11) is 0. The second-order valence-electron chi connectivity index (χ2n) is 6.17. The number of hydrogen-bond donors (Lipinski definition) is 1. The maximum absolute atomic E-state index is 14.4. The van der Waals surface area contributed by atoms with Crippen LogP contribution in [-0.2, 0) is 4.79 Å². The number of hydrogen-bond acceptors (Lipinski definition) is 2. The van der Waals surface area contributed by atoms with Gasteiger partial charge in [-0.25, -0.2) is 4.39 Å². The molecule has 1 aromatic rings. The van der Waals surface area contributed by atoms with Crippen LogP contribution in [0.2, 0.25) is 0 Å². The average molecular weight is 313 g/mol. The molecule has 1 atom stereocenters. The van der Waals surface area contributed by atoms with Crippen LogP contribution in [0.15, 0.2) is 24.3 Å². The van der Waals surface area contributed by atoms with Crippen molar-refractivity contribution in [3.8, 4) is 0 Å². The standard InChI is InChI=1S/C16H18F3NO2/c17-12-5-1-4-11(10-12)13-6-2-9-20(13)14(21)16(18,19)15(22)7-3-8-15/h1,4-5,10,13,22H,2-3,6-9H2. The minimum absolute atomic E-state index is 0.0653. The molecule has 6 heteroatoms. The molecular weight excluding hydrogens is 295 g/mol. The largest absolute Gasteiger partial charge is 0.383 e. The molecule has 1 aliphatic heterocycles. The van der Waals surface area contributed by atoms with Crippen LogP contribution >= 0.6 is 0 Å². The molecule has 3 nitrogen and oxygen atoms in total. The number of halogens is 3. The highest BCUT2D eigenvalue weighted by atomic mass is 19.3. The lowest BCUT2D eigenvalue weighted by molar-refractivity contribution is -0.224. The maximum Gasteiger partial charge on any atom is 0.352 e. The second kappa shape index (κ2) is 5.26. The third-order valence-corrected chi connectivity index (χ3v) is 4.78. The summed E-state index contributed by atoms with van der Waals surface area (Å²) in [6.07, 6.45) is 1.46. The van der Waals surface area contributed by atoms with Gasteiger partial charge >= 0.3 is 5.92 Å². The van der Waals surface area contributed by atoms with Gasteiger partial charge in [-0.2, -0.15) is 8.78 Å². The van der Waals surface area contributed by atoms with E-state index in [1.54, 1.807) is 6.07 Å². The highest BCUT2D eigenvalue weighted by Gasteiger charge is 2.63. The van der Waals surface area contributed by atoms with Gasteiger partial charge in [0.1, 0.15) is 11.4 Å². The first-order valence-corrected chi connectivity index (χ1v) is 7.52. The van der Waals surface area contributed by atoms with Crippen molar-refractivity contribution >= 4 is 5.91 Å². The molecule has 0 radical (unpaired) electrons. The van der Waals surface area contributed by atoms with E-state index >= 15 is 0 Å². The number of amides is 1. The van der Waals surface area contributed by atoms with E-state index in [1.165, 1.54) is 18.2 Å². The number of alkyl halides is 2. The van der Waals surface area contributed by atoms with Crippen molar-refractivity contribution in [1.29, 1.82) is 0 Å². The first kappa shape index (κ1) is 15.3. The van der Waals surface area contributed by atoms with Crippen molar-refractivity contribution in [2.45, 2.75) is 49.7 Å². The molecule has 0 aromatic heterocycles. The summed E-state index contributed by atoms with van der Waals surface area (Å²) in [5.74, 6) is -5.59. The Bertz CT molecular complexity index is 587. The summed E-state index contributed by atoms with van der Waals surface area (Å²) >= 11 is 0. The Labute approximate surface area is 126 Å². The van der Waals surface area contributed by atoms with Crippen molar-refractivity contribution in [2.24, 2.45) is 0 Å². The van der Waals surface area contributed by atoms with Crippen molar-refractivity contribution < 1.29 is 23.1 Å². The van der Waals surface area contributed by atoms with E-state index in [2.05, 4.69) is 0 Å². The van der Waals surface area contributed by atoms with E-state index < -0.39 is 29.3 Å². The highest BCUT2D eigenvalue weighted by molar-refractivity contribution is 5.86. The lowest BCUT2D eigenvalue weighted by Gasteiger charge is -2.43. The normalized spacial score (nSPS) is 24.2. The quantitative estimate of drug-likeness (QED) is 0.932. The number of rotatable bonds is 3. The molecule has 22 heavy (non-hydrogen) atoms. The zero-order valence-corrected chi connectivity index (χ0v) is 12.1. The molecule has 1 saturated heterocycles. The van der Waals surface area contributed by atoms with Crippen LogP contribution in [0.25, 0.3) is 0 Å². The SMILES string of the molecule is O=C(N1CCCC1c1cccc(F)c1)C(F)(F)C1(O)CCC1. The number of likely N-dealkylation sites (tertiary alicyclic amines) is 1. The smallest absolute Gasteiger partial charge is 0.352 e. The molecule has 2 fully saturated rings. The average Bonchev–Trinajstić information content (AvgIpc) is 2.92. The minimum Gasteiger partial charge on any atom is -0.383 e. The van der Waals surface area contributed by atoms with Crippen LogP contribution in [0.5, 0.6) is 0 Å². The third kappa shape index (κ3) is 2.29. The summed E-state index contributed by atoms with van der Waals surface area (Å²) in [6, 6.07) is 5.12. The zero-order chi connectivity index (χ0) is 16.0. The molecule has 1 saturated carbocycles. The van der Waals surface area contributed by atoms with Gasteiger partial charge in [-0.05, 0) is 49.8 Å². The van der Waals surface area contributed by atoms with Crippen LogP contribution in [0.4, 0.5) is 13.2 Å². The molecular formula is C16H18F3NO2. The van der Waals surface area contributed by atoms with Crippen LogP contribution in [0.1, 0.15) is 43.7 Å². The van der Waals surface area contributed by atoms with E-state index in [9.17, 15) is 23.1 Å². The van der Waals surface area contributed by atoms with E-state index in [1.807, 2.05) is 0 Å². The molecule has 1 N–H and O–H groups in total. The van der Waals surface area contributed by atoms with Gasteiger partial charge in [0.2, 0.25) is 0 Å². The monoisotopic (exact) mass is 313 g/mol. The molecule has 0 bridgehead atoms. The Morgan fingerprint density at radius 1 is 1.32 bits per heavy atom. The number of carbonyl (C=O) groups excluding carboxylic acids is 1. The lowest BCUT2D eigenvalue weighted by atomic mass is 9.75. The Hall–Kier alpha value is -1.56. The van der Waals surface area contributed by atoms with E-state index in [0.717, 1.165) is 4.90 Å². The number of benzene rings is 1. The summed E-state index contributed by atoms with van der Waals surface area (Å²) in [5, 5.41) is 9.91. The maximum atomic E-state index is 14.4. The van der Waals surface area contributed by atoms with Gasteiger partial charge in [0.25, 0.3) is 5.91 Å². The third-order valence-electron chi connectivity index (χ3n) is 4.78. The topological polar surface area (TPSA) is 40.5 Å². The highest BCUT2D eigenvalue weighted by Crippen LogP contribution is 2.47. The Kier molecular flexibility index (Phi) is 3.67. The van der Waals surface area contributed by atoms with Crippen molar-refractivity contribution in [3.63, 3.8) is 0 Å². The Balaban J connectivity index is 1.85. The van der Waals surface area contributed by atoms with Crippen LogP contribution in [-0.4, -0.2) is 34.0 Å². The van der Waals surface area contributed by atoms with Gasteiger partial charge in [-0.15, -0.1) is 0 Å². The van der Waals surface area contributed by atoms with Gasteiger partial charge in [-0.3, -0.25) is 4.79 Å². The fourth-order valence-electron chi connectivity index (χ4n) is 3.28. The van der Waals surface area contributed by atoms with Gasteiger partial charge in [-0.1, -0.05) is 12.1 Å². The number of carbonyl (C=O) groups is 1. The van der Waals surface area contributed by atoms with E-state index in [-0.39, 0.29) is 19.4 Å². The summed E-state index contributed by atoms with van der Waals surface area (Å²) in [4.78, 5) is 13.4. The number of nitrogens with zero attached hydrogens (tertiary/aromatic N) is 1. The van der Waals surface area contributed by atoms with Gasteiger partial charge in [0, 0.05) is 6.54 Å². The molecule has 120 valence electrons. The predicted molar refractivity (Wildman–Crippen MR) is 73.8 cm³/mol. The first-order chi connectivity index (χ1) is 10.3. The lowest BCUT2D eigenvalue weighted by Crippen LogP contribution is -2.61. The summed E-state index contributed by atoms with van der Waals surface area (Å²) in [5.41, 5.74) is -1.71. The molecule has 3 rings (SSSR count). The van der Waals surface area contributed by atoms with Gasteiger partial charge in [0.15, 0.2) is 0 Å². The molecule has 1 amide bonds. The molecule has 1 aliphatic carbocycles. The summed E-state index contributed by atoms with van der Waals surface area (Å²) in [6.45, 7) is 0.200. The van der Waals surface area contributed by atoms with Crippen LogP contribution in [0.3, 0.4) is 0 Å². The minimum atomic E-state index is -3.79. The Morgan fingerprint density at radius 2 is 2.05 bits per heavy atom. The first-order valence-electron chi connectivity index (χ1n) is 7.52. The van der Waals surface area contributed by atoms with Gasteiger partial charge in [0.05, 0.1) is 6.04 Å². The predicted octanol–water partition coefficient (Wildman–Crippen LogP) is 3.04. The van der Waals surface area contributed by atoms with Gasteiger partial charge < -0.3 is 10.0 Å². The van der Waals surface area contributed by atoms with Crippen LogP contribution in [0, 0.1) is 5.82 Å². The fourth-order valence-corrected chi connectivity index (χ4v) is 3.28. The number of aliphatic hydroxyl groups is 1. The fraction of sp³-hybridized carbons (Fsp3) is 0.562. The molecule has 2 aliphatic rings. The zero-order valence-electron chi connectivity index (χ0n) is 12.1. The molecule has 1 unspecified atom stereocenters. The Morgan fingerprint density at radius 3 is 2.64 bits per heavy atom. The van der Waals surface area contributed by atoms with E-state index in [4.69, 9.17) is 0 Å². The van der Waals surface area contributed by atoms with Crippen LogP contribution < -0.4 is 0 Å². The molecule has 1 heterocycles. The van der Waals surface area contributed by atoms with Crippen molar-refractivity contribution in [2.75, 3.05) is 6.54 Å². The molecule has 0 spiro atoms. The second-order valence-corrected chi connectivity index (χ2v) is 6.17. The van der Waals surface area contributed by atoms with E-state index in [0.29, 0.717) is 24.8 Å². The van der Waals surface area contributed by atoms with Crippen molar-refractivity contribution in [1.82, 2.24) is 4.90 Å².